The predicted molar refractivity (Wildman–Crippen MR) is 125 cm³/mol. The molecule has 0 amide bonds. The molecule has 0 aliphatic carbocycles. The number of aromatic nitrogens is 3. The number of nitrogens with zero attached hydrogens (tertiary/aromatic N) is 5. The maximum Gasteiger partial charge on any atom is 0.147 e. The number of hydrogen-bond acceptors (Lipinski definition) is 5. The third-order valence-electron chi connectivity index (χ3n) is 5.16. The molecule has 0 spiro atoms. The predicted octanol–water partition coefficient (Wildman–Crippen LogP) is 5.84. The van der Waals surface area contributed by atoms with Gasteiger partial charge in [0, 0.05) is 17.6 Å². The molecule has 0 aliphatic rings. The second-order valence-electron chi connectivity index (χ2n) is 7.30. The van der Waals surface area contributed by atoms with Crippen LogP contribution in [-0.4, -0.2) is 14.5 Å². The summed E-state index contributed by atoms with van der Waals surface area (Å²) in [6, 6.07) is 20.4. The number of halogens is 2. The van der Waals surface area contributed by atoms with Gasteiger partial charge in [0.05, 0.1) is 47.7 Å². The number of nitriles is 2. The highest BCUT2D eigenvalue weighted by atomic mass is 35.5. The molecule has 2 aromatic heterocycles. The fraction of sp³-hybridized carbons (Fsp3) is 0.120. The van der Waals surface area contributed by atoms with E-state index >= 15 is 0 Å². The van der Waals surface area contributed by atoms with Gasteiger partial charge in [0.1, 0.15) is 17.3 Å². The number of rotatable bonds is 6. The lowest BCUT2D eigenvalue weighted by Gasteiger charge is -2.20. The highest BCUT2D eigenvalue weighted by Crippen LogP contribution is 2.32. The van der Waals surface area contributed by atoms with Gasteiger partial charge < -0.3 is 9.30 Å². The van der Waals surface area contributed by atoms with Crippen LogP contribution in [0.4, 0.5) is 0 Å². The maximum atomic E-state index is 9.44. The van der Waals surface area contributed by atoms with E-state index in [0.717, 1.165) is 16.8 Å². The number of ether oxygens (including phenoxy) is 1. The molecule has 33 heavy (non-hydrogen) atoms. The van der Waals surface area contributed by atoms with E-state index in [2.05, 4.69) is 22.1 Å². The number of pyridine rings is 1. The largest absolute Gasteiger partial charge is 0.361 e. The van der Waals surface area contributed by atoms with Crippen LogP contribution in [0.25, 0.3) is 11.1 Å². The van der Waals surface area contributed by atoms with Crippen LogP contribution in [0.3, 0.4) is 0 Å². The van der Waals surface area contributed by atoms with Gasteiger partial charge in [-0.3, -0.25) is 0 Å². The fourth-order valence-electron chi connectivity index (χ4n) is 3.49. The van der Waals surface area contributed by atoms with Crippen LogP contribution in [-0.2, 0) is 18.4 Å². The summed E-state index contributed by atoms with van der Waals surface area (Å²) >= 11 is 12.4. The zero-order valence-electron chi connectivity index (χ0n) is 17.5. The Kier molecular flexibility index (Phi) is 6.72. The minimum Gasteiger partial charge on any atom is -0.361 e. The van der Waals surface area contributed by atoms with Crippen molar-refractivity contribution in [1.82, 2.24) is 14.5 Å². The molecule has 4 aromatic rings. The monoisotopic (exact) mass is 473 g/mol. The summed E-state index contributed by atoms with van der Waals surface area (Å²) in [6.07, 6.45) is 2.97. The summed E-state index contributed by atoms with van der Waals surface area (Å²) in [5.41, 5.74) is 4.61. The summed E-state index contributed by atoms with van der Waals surface area (Å²) in [6.45, 7) is 0.114. The van der Waals surface area contributed by atoms with Crippen LogP contribution in [0.5, 0.6) is 0 Å². The Labute approximate surface area is 201 Å². The molecule has 8 heteroatoms. The molecular weight excluding hydrogens is 457 g/mol. The molecule has 0 saturated carbocycles. The lowest BCUT2D eigenvalue weighted by atomic mass is 10.0. The Bertz CT molecular complexity index is 1380. The first-order valence-electron chi connectivity index (χ1n) is 9.93. The molecule has 1 atom stereocenters. The summed E-state index contributed by atoms with van der Waals surface area (Å²) in [4.78, 5) is 8.67. The second kappa shape index (κ2) is 9.85. The molecule has 0 unspecified atom stereocenters. The summed E-state index contributed by atoms with van der Waals surface area (Å²) in [5.74, 6) is 0. The smallest absolute Gasteiger partial charge is 0.147 e. The minimum atomic E-state index is -0.464. The van der Waals surface area contributed by atoms with E-state index in [1.54, 1.807) is 42.9 Å². The lowest BCUT2D eigenvalue weighted by molar-refractivity contribution is 0.0604. The first-order chi connectivity index (χ1) is 16.0. The normalized spacial score (nSPS) is 11.5. The van der Waals surface area contributed by atoms with Crippen LogP contribution in [0.15, 0.2) is 67.1 Å². The second-order valence-corrected chi connectivity index (χ2v) is 8.09. The van der Waals surface area contributed by atoms with Crippen molar-refractivity contribution in [2.24, 2.45) is 7.05 Å². The lowest BCUT2D eigenvalue weighted by Crippen LogP contribution is -2.11. The van der Waals surface area contributed by atoms with Gasteiger partial charge in [-0.25, -0.2) is 9.97 Å². The van der Waals surface area contributed by atoms with Crippen LogP contribution < -0.4 is 0 Å². The van der Waals surface area contributed by atoms with Gasteiger partial charge in [-0.2, -0.15) is 10.5 Å². The standard InChI is InChI=1S/C25H17Cl2N5O/c1-32-15-30-13-23(32)24(17-7-5-16(11-28)6-8-17)33-14-22-21(10-19(12-29)25(27)31-22)18-3-2-4-20(26)9-18/h2-10,13,15,24H,14H2,1H3/t24-/m1/s1. The van der Waals surface area contributed by atoms with Crippen molar-refractivity contribution in [3.8, 4) is 23.3 Å². The topological polar surface area (TPSA) is 87.5 Å². The molecule has 4 rings (SSSR count). The van der Waals surface area contributed by atoms with Crippen LogP contribution >= 0.6 is 23.2 Å². The molecule has 0 aliphatic heterocycles. The minimum absolute atomic E-state index is 0.109. The van der Waals surface area contributed by atoms with E-state index in [1.165, 1.54) is 0 Å². The van der Waals surface area contributed by atoms with Crippen molar-refractivity contribution in [1.29, 1.82) is 10.5 Å². The Hall–Kier alpha value is -3.68. The molecule has 0 bridgehead atoms. The molecule has 0 N–H and O–H groups in total. The van der Waals surface area contributed by atoms with E-state index in [0.29, 0.717) is 21.8 Å². The zero-order valence-corrected chi connectivity index (χ0v) is 19.0. The van der Waals surface area contributed by atoms with Gasteiger partial charge in [-0.05, 0) is 41.5 Å². The van der Waals surface area contributed by atoms with Gasteiger partial charge in [0.25, 0.3) is 0 Å². The van der Waals surface area contributed by atoms with E-state index in [9.17, 15) is 5.26 Å². The Morgan fingerprint density at radius 3 is 2.48 bits per heavy atom. The van der Waals surface area contributed by atoms with Crippen molar-refractivity contribution >= 4 is 23.2 Å². The molecule has 2 heterocycles. The molecule has 0 radical (unpaired) electrons. The van der Waals surface area contributed by atoms with Gasteiger partial charge in [-0.1, -0.05) is 47.5 Å². The van der Waals surface area contributed by atoms with E-state index in [-0.39, 0.29) is 17.3 Å². The Balaban J connectivity index is 1.73. The van der Waals surface area contributed by atoms with Crippen LogP contribution in [0.1, 0.15) is 34.2 Å². The zero-order chi connectivity index (χ0) is 23.4. The number of hydrogen-bond donors (Lipinski definition) is 0. The highest BCUT2D eigenvalue weighted by molar-refractivity contribution is 6.31. The first kappa shape index (κ1) is 22.5. The van der Waals surface area contributed by atoms with E-state index < -0.39 is 6.10 Å². The van der Waals surface area contributed by atoms with Crippen molar-refractivity contribution in [3.63, 3.8) is 0 Å². The van der Waals surface area contributed by atoms with Gasteiger partial charge >= 0.3 is 0 Å². The van der Waals surface area contributed by atoms with Crippen molar-refractivity contribution in [2.75, 3.05) is 0 Å². The maximum absolute atomic E-state index is 9.44. The van der Waals surface area contributed by atoms with Crippen molar-refractivity contribution in [3.05, 3.63) is 105 Å². The van der Waals surface area contributed by atoms with Gasteiger partial charge in [-0.15, -0.1) is 0 Å². The fourth-order valence-corrected chi connectivity index (χ4v) is 3.88. The number of aryl methyl sites for hydroxylation is 1. The summed E-state index contributed by atoms with van der Waals surface area (Å²) < 4.78 is 8.23. The molecule has 162 valence electrons. The number of imidazole rings is 1. The average Bonchev–Trinajstić information content (AvgIpc) is 3.25. The molecule has 0 saturated heterocycles. The molecule has 6 nitrogen and oxygen atoms in total. The average molecular weight is 474 g/mol. The quantitative estimate of drug-likeness (QED) is 0.328. The van der Waals surface area contributed by atoms with E-state index in [4.69, 9.17) is 33.2 Å². The summed E-state index contributed by atoms with van der Waals surface area (Å²) in [7, 11) is 1.89. The summed E-state index contributed by atoms with van der Waals surface area (Å²) in [5, 5.41) is 19.2. The molecule has 2 aromatic carbocycles. The molecular formula is C25H17Cl2N5O. The van der Waals surface area contributed by atoms with E-state index in [1.807, 2.05) is 35.9 Å². The third-order valence-corrected chi connectivity index (χ3v) is 5.69. The van der Waals surface area contributed by atoms with Crippen LogP contribution in [0, 0.1) is 22.7 Å². The van der Waals surface area contributed by atoms with Gasteiger partial charge in [0.2, 0.25) is 0 Å². The first-order valence-corrected chi connectivity index (χ1v) is 10.7. The van der Waals surface area contributed by atoms with Crippen molar-refractivity contribution in [2.45, 2.75) is 12.7 Å². The van der Waals surface area contributed by atoms with Crippen molar-refractivity contribution < 1.29 is 4.74 Å². The SMILES string of the molecule is Cn1cncc1[C@H](OCc1nc(Cl)c(C#N)cc1-c1cccc(Cl)c1)c1ccc(C#N)cc1. The Morgan fingerprint density at radius 2 is 1.85 bits per heavy atom. The molecule has 0 fully saturated rings. The van der Waals surface area contributed by atoms with Crippen LogP contribution in [0.2, 0.25) is 10.2 Å². The third kappa shape index (κ3) is 4.89. The highest BCUT2D eigenvalue weighted by Gasteiger charge is 2.21. The van der Waals surface area contributed by atoms with Gasteiger partial charge in [0.15, 0.2) is 0 Å². The Morgan fingerprint density at radius 1 is 1.06 bits per heavy atom. The number of benzene rings is 2.